The molecule has 2 amide bonds. The highest BCUT2D eigenvalue weighted by Crippen LogP contribution is 2.43. The number of hydrogen-bond acceptors (Lipinski definition) is 6. The third kappa shape index (κ3) is 6.40. The van der Waals surface area contributed by atoms with Crippen LogP contribution in [-0.4, -0.2) is 29.3 Å². The van der Waals surface area contributed by atoms with Gasteiger partial charge in [-0.05, 0) is 68.3 Å². The maximum atomic E-state index is 12.8. The maximum absolute atomic E-state index is 12.8. The van der Waals surface area contributed by atoms with E-state index in [9.17, 15) is 9.59 Å². The Bertz CT molecular complexity index is 948. The summed E-state index contributed by atoms with van der Waals surface area (Å²) in [6, 6.07) is 0. The number of allylic oxidation sites excluding steroid dienone is 1. The van der Waals surface area contributed by atoms with Gasteiger partial charge in [-0.1, -0.05) is 13.5 Å². The second-order valence-electron chi connectivity index (χ2n) is 8.73. The van der Waals surface area contributed by atoms with Gasteiger partial charge in [-0.25, -0.2) is 4.98 Å². The van der Waals surface area contributed by atoms with Gasteiger partial charge in [0, 0.05) is 33.0 Å². The number of rotatable bonds is 8. The molecule has 180 valence electrons. The van der Waals surface area contributed by atoms with Crippen LogP contribution in [0, 0.1) is 17.8 Å². The fourth-order valence-electron chi connectivity index (χ4n) is 3.76. The molecule has 7 nitrogen and oxygen atoms in total. The van der Waals surface area contributed by atoms with Crippen molar-refractivity contribution in [2.75, 3.05) is 17.2 Å². The molecule has 1 atom stereocenters. The summed E-state index contributed by atoms with van der Waals surface area (Å²) < 4.78 is 0. The number of carbonyl (C=O) groups is 2. The van der Waals surface area contributed by atoms with Gasteiger partial charge in [0.15, 0.2) is 5.13 Å². The number of aryl methyl sites for hydroxylation is 1. The molecule has 32 heavy (non-hydrogen) atoms. The average Bonchev–Trinajstić information content (AvgIpc) is 3.68. The van der Waals surface area contributed by atoms with Gasteiger partial charge in [-0.15, -0.1) is 22.7 Å². The summed E-state index contributed by atoms with van der Waals surface area (Å²) in [6.07, 6.45) is 10.6. The summed E-state index contributed by atoms with van der Waals surface area (Å²) >= 11 is 3.18. The summed E-state index contributed by atoms with van der Waals surface area (Å²) in [5, 5.41) is 12.5. The van der Waals surface area contributed by atoms with Crippen LogP contribution in [0.5, 0.6) is 0 Å². The van der Waals surface area contributed by atoms with Crippen LogP contribution in [0.25, 0.3) is 0 Å². The monoisotopic (exact) mass is 482 g/mol. The Kier molecular flexibility index (Phi) is 8.44. The fraction of sp³-hybridized carbons (Fsp3) is 0.522. The van der Waals surface area contributed by atoms with E-state index in [2.05, 4.69) is 34.4 Å². The summed E-state index contributed by atoms with van der Waals surface area (Å²) in [7, 11) is 0. The summed E-state index contributed by atoms with van der Waals surface area (Å²) in [6.45, 7) is 7.31. The number of thiophene rings is 1. The number of carbonyl (C=O) groups excluding carboxylic acids is 2. The number of aromatic nitrogens is 1. The second kappa shape index (κ2) is 11.1. The van der Waals surface area contributed by atoms with E-state index in [0.717, 1.165) is 35.6 Å². The van der Waals surface area contributed by atoms with Gasteiger partial charge in [0.25, 0.3) is 5.91 Å². The van der Waals surface area contributed by atoms with Crippen molar-refractivity contribution in [3.8, 4) is 0 Å². The van der Waals surface area contributed by atoms with Crippen molar-refractivity contribution in [2.45, 2.75) is 51.9 Å². The first-order valence-corrected chi connectivity index (χ1v) is 12.7. The third-order valence-corrected chi connectivity index (χ3v) is 7.85. The molecule has 1 unspecified atom stereocenters. The molecular weight excluding hydrogens is 444 g/mol. The van der Waals surface area contributed by atoms with Crippen LogP contribution in [0.15, 0.2) is 23.9 Å². The maximum Gasteiger partial charge on any atom is 0.254 e. The Balaban J connectivity index is 0.000000837. The Morgan fingerprint density at radius 2 is 2.09 bits per heavy atom. The average molecular weight is 483 g/mol. The molecule has 2 fully saturated rings. The van der Waals surface area contributed by atoms with Gasteiger partial charge < -0.3 is 21.4 Å². The lowest BCUT2D eigenvalue weighted by molar-refractivity contribution is -0.105. The fourth-order valence-corrected chi connectivity index (χ4v) is 5.52. The van der Waals surface area contributed by atoms with Crippen LogP contribution < -0.4 is 16.0 Å². The van der Waals surface area contributed by atoms with Crippen LogP contribution in [0.3, 0.4) is 0 Å². The molecule has 5 N–H and O–H groups in total. The summed E-state index contributed by atoms with van der Waals surface area (Å²) in [4.78, 5) is 27.7. The molecule has 2 saturated carbocycles. The minimum absolute atomic E-state index is 0. The van der Waals surface area contributed by atoms with Gasteiger partial charge in [0.2, 0.25) is 6.41 Å². The lowest BCUT2D eigenvalue weighted by Crippen LogP contribution is -2.27. The number of amides is 2. The molecule has 0 bridgehead atoms. The standard InChI is InChI=1S/C19H26N2OS.C4H4N2OS.H2O.3H2/c1-11-3-8-16-15(9-11)17(18(22)20-10-13-4-5-13)19(23-16)21-12(2)14-6-7-14;7-3-6-4-5-1-2-8-4;;;;/h11,13-14,21H,2-10H2,1H3,(H,20,22);1-3H,(H,5,6,7);1H2;3*1H. The number of nitrogens with one attached hydrogen (secondary N) is 3. The number of thiazole rings is 1. The first-order chi connectivity index (χ1) is 15.0. The highest BCUT2D eigenvalue weighted by Gasteiger charge is 2.31. The van der Waals surface area contributed by atoms with Gasteiger partial charge in [-0.3, -0.25) is 9.59 Å². The highest BCUT2D eigenvalue weighted by atomic mass is 32.1. The zero-order valence-electron chi connectivity index (χ0n) is 18.4. The molecule has 3 aliphatic carbocycles. The quantitative estimate of drug-likeness (QED) is 0.461. The Morgan fingerprint density at radius 3 is 2.72 bits per heavy atom. The summed E-state index contributed by atoms with van der Waals surface area (Å²) in [5.74, 6) is 2.11. The molecular formula is C23H38N4O3S2. The number of nitrogens with zero attached hydrogens (tertiary/aromatic N) is 1. The summed E-state index contributed by atoms with van der Waals surface area (Å²) in [5.41, 5.74) is 3.31. The smallest absolute Gasteiger partial charge is 0.254 e. The minimum atomic E-state index is 0. The molecule has 9 heteroatoms. The predicted molar refractivity (Wildman–Crippen MR) is 138 cm³/mol. The Morgan fingerprint density at radius 1 is 1.31 bits per heavy atom. The number of fused-ring (bicyclic) bond motifs is 1. The molecule has 2 heterocycles. The molecule has 0 aromatic carbocycles. The molecule has 0 spiro atoms. The van der Waals surface area contributed by atoms with Crippen LogP contribution in [0.4, 0.5) is 10.1 Å². The third-order valence-electron chi connectivity index (χ3n) is 5.94. The van der Waals surface area contributed by atoms with E-state index in [1.165, 1.54) is 53.9 Å². The lowest BCUT2D eigenvalue weighted by Gasteiger charge is -2.19. The van der Waals surface area contributed by atoms with Crippen molar-refractivity contribution in [1.29, 1.82) is 0 Å². The van der Waals surface area contributed by atoms with Crippen LogP contribution in [-0.2, 0) is 17.6 Å². The zero-order valence-corrected chi connectivity index (χ0v) is 20.0. The first kappa shape index (κ1) is 24.4. The highest BCUT2D eigenvalue weighted by molar-refractivity contribution is 7.16. The minimum Gasteiger partial charge on any atom is -0.412 e. The van der Waals surface area contributed by atoms with Crippen molar-refractivity contribution in [3.05, 3.63) is 39.9 Å². The van der Waals surface area contributed by atoms with Crippen molar-refractivity contribution in [2.24, 2.45) is 17.8 Å². The van der Waals surface area contributed by atoms with Crippen molar-refractivity contribution < 1.29 is 19.3 Å². The van der Waals surface area contributed by atoms with E-state index in [1.807, 2.05) is 0 Å². The normalized spacial score (nSPS) is 18.8. The topological polar surface area (TPSA) is 115 Å². The molecule has 3 aliphatic rings. The molecule has 2 aromatic rings. The van der Waals surface area contributed by atoms with Gasteiger partial charge >= 0.3 is 0 Å². The Hall–Kier alpha value is -2.23. The zero-order chi connectivity index (χ0) is 21.8. The van der Waals surface area contributed by atoms with E-state index in [0.29, 0.717) is 29.3 Å². The largest absolute Gasteiger partial charge is 0.412 e. The van der Waals surface area contributed by atoms with E-state index < -0.39 is 0 Å². The molecule has 0 radical (unpaired) electrons. The van der Waals surface area contributed by atoms with Gasteiger partial charge in [-0.2, -0.15) is 0 Å². The lowest BCUT2D eigenvalue weighted by atomic mass is 9.87. The molecule has 0 aliphatic heterocycles. The molecule has 5 rings (SSSR count). The molecule has 0 saturated heterocycles. The van der Waals surface area contributed by atoms with Gasteiger partial charge in [0.1, 0.15) is 5.00 Å². The van der Waals surface area contributed by atoms with E-state index in [-0.39, 0.29) is 15.7 Å². The SMILES string of the molecule is C=C(Nc1sc2c(c1C(=O)NCC1CC1)CC(C)CC2)C1CC1.O.O=CNc1nccs1.[HH].[HH].[HH]. The van der Waals surface area contributed by atoms with Crippen LogP contribution in [0.1, 0.15) is 64.1 Å². The van der Waals surface area contributed by atoms with Crippen molar-refractivity contribution in [1.82, 2.24) is 10.3 Å². The molecule has 2 aromatic heterocycles. The van der Waals surface area contributed by atoms with Crippen molar-refractivity contribution in [3.63, 3.8) is 0 Å². The predicted octanol–water partition coefficient (Wildman–Crippen LogP) is 4.97. The Labute approximate surface area is 201 Å². The number of anilines is 2. The number of hydrogen-bond donors (Lipinski definition) is 3. The van der Waals surface area contributed by atoms with Gasteiger partial charge in [0.05, 0.1) is 5.56 Å². The van der Waals surface area contributed by atoms with E-state index in [1.54, 1.807) is 22.9 Å². The van der Waals surface area contributed by atoms with E-state index >= 15 is 0 Å². The first-order valence-electron chi connectivity index (χ1n) is 11.0. The second-order valence-corrected chi connectivity index (χ2v) is 10.7. The van der Waals surface area contributed by atoms with E-state index in [4.69, 9.17) is 0 Å². The van der Waals surface area contributed by atoms with Crippen LogP contribution >= 0.6 is 22.7 Å². The van der Waals surface area contributed by atoms with Crippen LogP contribution in [0.2, 0.25) is 0 Å². The van der Waals surface area contributed by atoms with Crippen molar-refractivity contribution >= 4 is 45.1 Å².